The van der Waals surface area contributed by atoms with Crippen LogP contribution in [0.5, 0.6) is 17.2 Å². The van der Waals surface area contributed by atoms with Gasteiger partial charge in [-0.25, -0.2) is 0 Å². The molecule has 0 aliphatic rings. The minimum absolute atomic E-state index is 0. The Labute approximate surface area is 192 Å². The highest BCUT2D eigenvalue weighted by atomic mass is 127. The number of carbonyl (C=O) groups excluding carboxylic acids is 1. The van der Waals surface area contributed by atoms with Crippen LogP contribution in [0.25, 0.3) is 0 Å². The minimum atomic E-state index is -0.691. The Hall–Kier alpha value is -0.0500. The van der Waals surface area contributed by atoms with Gasteiger partial charge >= 0.3 is 5.97 Å². The lowest BCUT2D eigenvalue weighted by Crippen LogP contribution is -2.33. The van der Waals surface area contributed by atoms with Gasteiger partial charge in [0.05, 0.1) is 14.3 Å². The van der Waals surface area contributed by atoms with Crippen LogP contribution in [-0.4, -0.2) is 24.2 Å². The fourth-order valence-electron chi connectivity index (χ4n) is 1.97. The van der Waals surface area contributed by atoms with E-state index < -0.39 is 12.0 Å². The summed E-state index contributed by atoms with van der Waals surface area (Å²) < 4.78 is 13.4. The van der Waals surface area contributed by atoms with Gasteiger partial charge in [-0.2, -0.15) is 0 Å². The summed E-state index contributed by atoms with van der Waals surface area (Å²) in [6, 6.07) is 8.00. The third-order valence-electron chi connectivity index (χ3n) is 3.21. The highest BCUT2D eigenvalue weighted by molar-refractivity contribution is 14.1. The molecule has 0 spiro atoms. The van der Waals surface area contributed by atoms with Crippen molar-refractivity contribution in [3.05, 3.63) is 46.6 Å². The highest BCUT2D eigenvalue weighted by Gasteiger charge is 2.18. The number of nitrogens with two attached hydrogens (primary N) is 1. The van der Waals surface area contributed by atoms with Gasteiger partial charge in [0.15, 0.2) is 0 Å². The second-order valence-corrected chi connectivity index (χ2v) is 8.22. The van der Waals surface area contributed by atoms with Crippen LogP contribution in [-0.2, 0) is 16.0 Å². The molecule has 136 valence electrons. The molecule has 0 aliphatic heterocycles. The molecule has 25 heavy (non-hydrogen) atoms. The number of esters is 1. The van der Waals surface area contributed by atoms with Crippen LogP contribution >= 0.6 is 80.2 Å². The molecule has 2 aromatic rings. The van der Waals surface area contributed by atoms with E-state index in [0.29, 0.717) is 17.9 Å². The number of hydrogen-bond donors (Lipinski definition) is 2. The molecule has 1 atom stereocenters. The van der Waals surface area contributed by atoms with E-state index >= 15 is 0 Å². The predicted octanol–water partition coefficient (Wildman–Crippen LogP) is 4.46. The van der Waals surface area contributed by atoms with Gasteiger partial charge in [-0.1, -0.05) is 6.07 Å². The molecule has 9 heteroatoms. The number of methoxy groups -OCH3 is 1. The number of rotatable bonds is 5. The van der Waals surface area contributed by atoms with Crippen molar-refractivity contribution >= 4 is 86.1 Å². The highest BCUT2D eigenvalue weighted by Crippen LogP contribution is 2.35. The average molecular weight is 701 g/mol. The first-order valence-electron chi connectivity index (χ1n) is 6.80. The number of aromatic hydroxyl groups is 1. The van der Waals surface area contributed by atoms with Crippen molar-refractivity contribution in [2.24, 2.45) is 5.73 Å². The fourth-order valence-corrected chi connectivity index (χ4v) is 3.88. The summed E-state index contributed by atoms with van der Waals surface area (Å²) in [5.41, 5.74) is 6.80. The van der Waals surface area contributed by atoms with E-state index in [4.69, 9.17) is 10.5 Å². The monoisotopic (exact) mass is 701 g/mol. The molecule has 0 aromatic heterocycles. The van der Waals surface area contributed by atoms with Crippen LogP contribution < -0.4 is 10.5 Å². The van der Waals surface area contributed by atoms with Gasteiger partial charge < -0.3 is 20.3 Å². The zero-order valence-electron chi connectivity index (χ0n) is 13.0. The van der Waals surface area contributed by atoms with Gasteiger partial charge in [-0.05, 0) is 104 Å². The van der Waals surface area contributed by atoms with Crippen molar-refractivity contribution in [3.8, 4) is 17.2 Å². The second-order valence-electron chi connectivity index (χ2n) is 4.90. The lowest BCUT2D eigenvalue weighted by molar-refractivity contribution is -0.142. The van der Waals surface area contributed by atoms with Gasteiger partial charge in [-0.15, -0.1) is 12.4 Å². The molecule has 0 bridgehead atoms. The molecule has 2 aromatic carbocycles. The quantitative estimate of drug-likeness (QED) is 0.356. The van der Waals surface area contributed by atoms with Gasteiger partial charge in [-0.3, -0.25) is 4.79 Å². The van der Waals surface area contributed by atoms with E-state index in [1.165, 1.54) is 7.11 Å². The van der Waals surface area contributed by atoms with E-state index in [9.17, 15) is 9.90 Å². The molecule has 2 rings (SSSR count). The molecule has 0 radical (unpaired) electrons. The van der Waals surface area contributed by atoms with Crippen molar-refractivity contribution in [2.75, 3.05) is 7.11 Å². The molecule has 0 heterocycles. The van der Waals surface area contributed by atoms with Crippen LogP contribution in [0.1, 0.15) is 5.56 Å². The Balaban J connectivity index is 0.00000312. The van der Waals surface area contributed by atoms with Crippen molar-refractivity contribution in [2.45, 2.75) is 12.5 Å². The maximum atomic E-state index is 11.5. The summed E-state index contributed by atoms with van der Waals surface area (Å²) in [5.74, 6) is 1.14. The maximum absolute atomic E-state index is 11.5. The zero-order chi connectivity index (χ0) is 17.9. The zero-order valence-corrected chi connectivity index (χ0v) is 20.3. The lowest BCUT2D eigenvalue weighted by atomic mass is 10.1. The van der Waals surface area contributed by atoms with Crippen LogP contribution in [0.3, 0.4) is 0 Å². The Bertz CT molecular complexity index is 773. The number of phenolic OH excluding ortho intramolecular Hbond substituents is 1. The standard InChI is InChI=1S/C16H14I3NO4.ClH/c1-23-16(22)11(20)6-8-2-4-13(15(19)14(8)18)24-12-5-3-9(21)7-10(12)17;/h2-5,7,11,21H,6,20H2,1H3;1H. The third-order valence-corrected chi connectivity index (χ3v) is 7.38. The van der Waals surface area contributed by atoms with E-state index in [-0.39, 0.29) is 18.2 Å². The predicted molar refractivity (Wildman–Crippen MR) is 124 cm³/mol. The van der Waals surface area contributed by atoms with Gasteiger partial charge in [0.2, 0.25) is 0 Å². The smallest absolute Gasteiger partial charge is 0.322 e. The van der Waals surface area contributed by atoms with Gasteiger partial charge in [0, 0.05) is 3.57 Å². The molecule has 0 aliphatic carbocycles. The van der Waals surface area contributed by atoms with Crippen molar-refractivity contribution in [3.63, 3.8) is 0 Å². The maximum Gasteiger partial charge on any atom is 0.322 e. The molecule has 0 fully saturated rings. The summed E-state index contributed by atoms with van der Waals surface area (Å²) in [4.78, 5) is 11.5. The topological polar surface area (TPSA) is 81.8 Å². The molecular weight excluding hydrogens is 686 g/mol. The van der Waals surface area contributed by atoms with E-state index in [2.05, 4.69) is 72.5 Å². The van der Waals surface area contributed by atoms with Gasteiger partial charge in [0.1, 0.15) is 23.3 Å². The number of carbonyl (C=O) groups is 1. The van der Waals surface area contributed by atoms with Gasteiger partial charge in [0.25, 0.3) is 0 Å². The van der Waals surface area contributed by atoms with E-state index in [1.807, 2.05) is 12.1 Å². The van der Waals surface area contributed by atoms with Crippen LogP contribution in [0.4, 0.5) is 0 Å². The lowest BCUT2D eigenvalue weighted by Gasteiger charge is -2.15. The summed E-state index contributed by atoms with van der Waals surface area (Å²) in [6.07, 6.45) is 0.401. The Morgan fingerprint density at radius 3 is 2.40 bits per heavy atom. The first-order chi connectivity index (χ1) is 11.3. The summed E-state index contributed by atoms with van der Waals surface area (Å²) >= 11 is 6.54. The van der Waals surface area contributed by atoms with Crippen LogP contribution in [0.15, 0.2) is 30.3 Å². The molecule has 3 N–H and O–H groups in total. The number of hydrogen-bond acceptors (Lipinski definition) is 5. The fraction of sp³-hybridized carbons (Fsp3) is 0.188. The first kappa shape index (κ1) is 23.0. The largest absolute Gasteiger partial charge is 0.508 e. The third kappa shape index (κ3) is 5.97. The molecule has 0 saturated heterocycles. The van der Waals surface area contributed by atoms with Crippen LogP contribution in [0, 0.1) is 10.7 Å². The molecule has 0 amide bonds. The Kier molecular flexibility index (Phi) is 9.50. The molecule has 5 nitrogen and oxygen atoms in total. The average Bonchev–Trinajstić information content (AvgIpc) is 2.55. The molecule has 0 saturated carbocycles. The number of benzene rings is 2. The molecular formula is C16H15ClI3NO4. The number of phenols is 1. The first-order valence-corrected chi connectivity index (χ1v) is 10.0. The SMILES string of the molecule is COC(=O)C(N)Cc1ccc(Oc2ccc(O)cc2I)c(I)c1I.Cl. The summed E-state index contributed by atoms with van der Waals surface area (Å²) in [7, 11) is 1.33. The van der Waals surface area contributed by atoms with Crippen LogP contribution in [0.2, 0.25) is 0 Å². The van der Waals surface area contributed by atoms with Crippen molar-refractivity contribution < 1.29 is 19.4 Å². The normalized spacial score (nSPS) is 11.4. The number of ether oxygens (including phenoxy) is 2. The van der Waals surface area contributed by atoms with E-state index in [1.54, 1.807) is 18.2 Å². The summed E-state index contributed by atoms with van der Waals surface area (Å²) in [5, 5.41) is 9.48. The number of halogens is 4. The Morgan fingerprint density at radius 1 is 1.16 bits per heavy atom. The summed E-state index contributed by atoms with van der Waals surface area (Å²) in [6.45, 7) is 0. The second kappa shape index (κ2) is 10.3. The Morgan fingerprint density at radius 2 is 1.80 bits per heavy atom. The van der Waals surface area contributed by atoms with Crippen molar-refractivity contribution in [1.29, 1.82) is 0 Å². The van der Waals surface area contributed by atoms with Crippen molar-refractivity contribution in [1.82, 2.24) is 0 Å². The van der Waals surface area contributed by atoms with E-state index in [0.717, 1.165) is 16.3 Å². The molecule has 1 unspecified atom stereocenters. The minimum Gasteiger partial charge on any atom is -0.508 e.